The summed E-state index contributed by atoms with van der Waals surface area (Å²) in [6.45, 7) is 3.76. The minimum Gasteiger partial charge on any atom is -0.495 e. The average molecular weight is 472 g/mol. The third-order valence-corrected chi connectivity index (χ3v) is 6.79. The van der Waals surface area contributed by atoms with Gasteiger partial charge in [0.2, 0.25) is 11.9 Å². The third-order valence-electron chi connectivity index (χ3n) is 5.46. The van der Waals surface area contributed by atoms with Gasteiger partial charge in [0.05, 0.1) is 18.6 Å². The van der Waals surface area contributed by atoms with Gasteiger partial charge < -0.3 is 15.0 Å². The van der Waals surface area contributed by atoms with Crippen LogP contribution in [0.1, 0.15) is 24.8 Å². The third kappa shape index (κ3) is 4.86. The molecule has 0 aliphatic carbocycles. The maximum atomic E-state index is 12.7. The number of amides is 1. The van der Waals surface area contributed by atoms with Crippen LogP contribution in [0.3, 0.4) is 0 Å². The van der Waals surface area contributed by atoms with Crippen LogP contribution in [-0.2, 0) is 4.79 Å². The molecule has 1 fully saturated rings. The number of carbonyl (C=O) groups is 1. The fraction of sp³-hybridized carbons (Fsp3) is 0.348. The molecule has 1 amide bonds. The predicted octanol–water partition coefficient (Wildman–Crippen LogP) is 4.96. The summed E-state index contributed by atoms with van der Waals surface area (Å²) in [7, 11) is 1.65. The molecule has 7 nitrogen and oxygen atoms in total. The molecule has 2 aromatic carbocycles. The molecule has 1 aliphatic heterocycles. The lowest BCUT2D eigenvalue weighted by molar-refractivity contribution is -0.113. The van der Waals surface area contributed by atoms with Crippen molar-refractivity contribution in [1.29, 1.82) is 0 Å². The maximum absolute atomic E-state index is 12.7. The van der Waals surface area contributed by atoms with Gasteiger partial charge in [-0.25, -0.2) is 0 Å². The van der Waals surface area contributed by atoms with E-state index in [4.69, 9.17) is 16.3 Å². The van der Waals surface area contributed by atoms with Gasteiger partial charge in [0.15, 0.2) is 5.16 Å². The number of methoxy groups -OCH3 is 1. The summed E-state index contributed by atoms with van der Waals surface area (Å²) in [6, 6.07) is 13.3. The minimum absolute atomic E-state index is 0.130. The van der Waals surface area contributed by atoms with Crippen molar-refractivity contribution < 1.29 is 9.53 Å². The zero-order chi connectivity index (χ0) is 22.5. The van der Waals surface area contributed by atoms with Crippen molar-refractivity contribution in [3.8, 4) is 11.4 Å². The molecule has 0 radical (unpaired) electrons. The topological polar surface area (TPSA) is 72.3 Å². The van der Waals surface area contributed by atoms with E-state index < -0.39 is 0 Å². The number of carbonyl (C=O) groups excluding carboxylic acids is 1. The SMILES string of the molecule is COc1ccccc1-n1c(SCC(=O)Nc2cccc(Cl)c2C)nnc1N1CCCCC1. The Balaban J connectivity index is 1.59. The van der Waals surface area contributed by atoms with Gasteiger partial charge in [-0.05, 0) is 56.0 Å². The van der Waals surface area contributed by atoms with Gasteiger partial charge >= 0.3 is 0 Å². The number of piperidine rings is 1. The van der Waals surface area contributed by atoms with Crippen molar-refractivity contribution in [2.45, 2.75) is 31.3 Å². The van der Waals surface area contributed by atoms with Crippen LogP contribution in [0.4, 0.5) is 11.6 Å². The number of para-hydroxylation sites is 2. The highest BCUT2D eigenvalue weighted by Crippen LogP contribution is 2.33. The Labute approximate surface area is 197 Å². The van der Waals surface area contributed by atoms with Gasteiger partial charge in [0.25, 0.3) is 0 Å². The highest BCUT2D eigenvalue weighted by molar-refractivity contribution is 7.99. The van der Waals surface area contributed by atoms with Gasteiger partial charge in [-0.2, -0.15) is 0 Å². The van der Waals surface area contributed by atoms with E-state index in [0.29, 0.717) is 15.9 Å². The molecule has 168 valence electrons. The van der Waals surface area contributed by atoms with Gasteiger partial charge in [-0.15, -0.1) is 10.2 Å². The number of thioether (sulfide) groups is 1. The van der Waals surface area contributed by atoms with Crippen LogP contribution in [0.15, 0.2) is 47.6 Å². The van der Waals surface area contributed by atoms with E-state index in [-0.39, 0.29) is 11.7 Å². The molecule has 3 aromatic rings. The van der Waals surface area contributed by atoms with Crippen molar-refractivity contribution in [1.82, 2.24) is 14.8 Å². The second kappa shape index (κ2) is 10.3. The van der Waals surface area contributed by atoms with Crippen molar-refractivity contribution >= 4 is 40.9 Å². The number of nitrogens with one attached hydrogen (secondary N) is 1. The summed E-state index contributed by atoms with van der Waals surface area (Å²) in [5, 5.41) is 13.1. The molecule has 1 N–H and O–H groups in total. The van der Waals surface area contributed by atoms with E-state index in [9.17, 15) is 4.79 Å². The first kappa shape index (κ1) is 22.5. The summed E-state index contributed by atoms with van der Waals surface area (Å²) in [6.07, 6.45) is 3.48. The van der Waals surface area contributed by atoms with Gasteiger partial charge in [0, 0.05) is 23.8 Å². The molecule has 1 saturated heterocycles. The molecule has 9 heteroatoms. The molecule has 0 bridgehead atoms. The average Bonchev–Trinajstić information content (AvgIpc) is 3.25. The monoisotopic (exact) mass is 471 g/mol. The quantitative estimate of drug-likeness (QED) is 0.491. The molecule has 32 heavy (non-hydrogen) atoms. The van der Waals surface area contributed by atoms with Crippen LogP contribution in [0, 0.1) is 6.92 Å². The van der Waals surface area contributed by atoms with Crippen LogP contribution >= 0.6 is 23.4 Å². The van der Waals surface area contributed by atoms with E-state index in [2.05, 4.69) is 20.4 Å². The van der Waals surface area contributed by atoms with Crippen molar-refractivity contribution in [3.05, 3.63) is 53.1 Å². The molecule has 1 aromatic heterocycles. The van der Waals surface area contributed by atoms with Crippen molar-refractivity contribution in [3.63, 3.8) is 0 Å². The second-order valence-corrected chi connectivity index (χ2v) is 8.94. The maximum Gasteiger partial charge on any atom is 0.234 e. The van der Waals surface area contributed by atoms with Crippen molar-refractivity contribution in [2.24, 2.45) is 0 Å². The molecule has 0 saturated carbocycles. The zero-order valence-corrected chi connectivity index (χ0v) is 19.7. The van der Waals surface area contributed by atoms with E-state index in [1.54, 1.807) is 13.2 Å². The lowest BCUT2D eigenvalue weighted by Gasteiger charge is -2.28. The molecule has 0 atom stereocenters. The number of rotatable bonds is 7. The number of hydrogen-bond donors (Lipinski definition) is 1. The van der Waals surface area contributed by atoms with E-state index in [1.807, 2.05) is 47.9 Å². The van der Waals surface area contributed by atoms with Gasteiger partial charge in [-0.3, -0.25) is 9.36 Å². The first-order valence-corrected chi connectivity index (χ1v) is 12.0. The first-order chi connectivity index (χ1) is 15.6. The van der Waals surface area contributed by atoms with Crippen LogP contribution in [0.5, 0.6) is 5.75 Å². The van der Waals surface area contributed by atoms with Gasteiger partial charge in [0.1, 0.15) is 5.75 Å². The minimum atomic E-state index is -0.130. The molecule has 4 rings (SSSR count). The van der Waals surface area contributed by atoms with E-state index in [1.165, 1.54) is 18.2 Å². The lowest BCUT2D eigenvalue weighted by atomic mass is 10.1. The van der Waals surface area contributed by atoms with Crippen LogP contribution in [-0.4, -0.2) is 46.6 Å². The standard InChI is InChI=1S/C23H26ClN5O2S/c1-16-17(24)9-8-10-18(16)25-21(30)15-32-23-27-26-22(28-13-6-3-7-14-28)29(23)19-11-4-5-12-20(19)31-2/h4-5,8-12H,3,6-7,13-15H2,1-2H3,(H,25,30). The Morgan fingerprint density at radius 2 is 1.91 bits per heavy atom. The number of aromatic nitrogens is 3. The number of benzene rings is 2. The Morgan fingerprint density at radius 1 is 1.12 bits per heavy atom. The van der Waals surface area contributed by atoms with Crippen LogP contribution in [0.2, 0.25) is 5.02 Å². The highest BCUT2D eigenvalue weighted by Gasteiger charge is 2.23. The number of halogens is 1. The molecule has 2 heterocycles. The fourth-order valence-electron chi connectivity index (χ4n) is 3.74. The number of anilines is 2. The molecule has 1 aliphatic rings. The molecule has 0 unspecified atom stereocenters. The predicted molar refractivity (Wildman–Crippen MR) is 130 cm³/mol. The number of nitrogens with zero attached hydrogens (tertiary/aromatic N) is 4. The normalized spacial score (nSPS) is 13.8. The summed E-state index contributed by atoms with van der Waals surface area (Å²) >= 11 is 7.51. The fourth-order valence-corrected chi connectivity index (χ4v) is 4.65. The highest BCUT2D eigenvalue weighted by atomic mass is 35.5. The Kier molecular flexibility index (Phi) is 7.22. The number of hydrogen-bond acceptors (Lipinski definition) is 6. The summed E-state index contributed by atoms with van der Waals surface area (Å²) in [5.74, 6) is 1.57. The smallest absolute Gasteiger partial charge is 0.234 e. The Morgan fingerprint density at radius 3 is 2.69 bits per heavy atom. The molecule has 0 spiro atoms. The summed E-state index contributed by atoms with van der Waals surface area (Å²) in [5.41, 5.74) is 2.41. The van der Waals surface area contributed by atoms with E-state index >= 15 is 0 Å². The van der Waals surface area contributed by atoms with E-state index in [0.717, 1.165) is 48.9 Å². The zero-order valence-electron chi connectivity index (χ0n) is 18.2. The second-order valence-electron chi connectivity index (χ2n) is 7.59. The van der Waals surface area contributed by atoms with Gasteiger partial charge in [-0.1, -0.05) is 41.6 Å². The van der Waals surface area contributed by atoms with Crippen molar-refractivity contribution in [2.75, 3.05) is 36.2 Å². The first-order valence-electron chi connectivity index (χ1n) is 10.6. The largest absolute Gasteiger partial charge is 0.495 e. The van der Waals surface area contributed by atoms with Crippen LogP contribution < -0.4 is 15.0 Å². The summed E-state index contributed by atoms with van der Waals surface area (Å²) in [4.78, 5) is 14.9. The molecular weight excluding hydrogens is 446 g/mol. The van der Waals surface area contributed by atoms with Crippen LogP contribution in [0.25, 0.3) is 5.69 Å². The Hall–Kier alpha value is -2.71. The Bertz CT molecular complexity index is 1100. The lowest BCUT2D eigenvalue weighted by Crippen LogP contribution is -2.31. The molecular formula is C23H26ClN5O2S. The summed E-state index contributed by atoms with van der Waals surface area (Å²) < 4.78 is 7.59. The number of ether oxygens (including phenoxy) is 1.